The van der Waals surface area contributed by atoms with Crippen molar-refractivity contribution in [1.29, 1.82) is 5.41 Å². The summed E-state index contributed by atoms with van der Waals surface area (Å²) >= 11 is 0. The monoisotopic (exact) mass is 452 g/mol. The van der Waals surface area contributed by atoms with Crippen molar-refractivity contribution in [2.24, 2.45) is 0 Å². The minimum atomic E-state index is -2.23. The molecule has 5 heteroatoms. The summed E-state index contributed by atoms with van der Waals surface area (Å²) in [5, 5.41) is 10.7. The van der Waals surface area contributed by atoms with E-state index in [2.05, 4.69) is 16.6 Å². The van der Waals surface area contributed by atoms with Crippen LogP contribution < -0.4 is 0 Å². The molecule has 4 nitrogen and oxygen atoms in total. The number of ether oxygens (including phenoxy) is 1. The number of para-hydroxylation sites is 1. The van der Waals surface area contributed by atoms with Gasteiger partial charge >= 0.3 is 0 Å². The van der Waals surface area contributed by atoms with Crippen molar-refractivity contribution in [3.63, 3.8) is 0 Å². The van der Waals surface area contributed by atoms with E-state index in [1.807, 2.05) is 82.3 Å². The number of nitrogens with zero attached hydrogens (tertiary/aromatic N) is 1. The summed E-state index contributed by atoms with van der Waals surface area (Å²) in [6, 6.07) is 17.8. The standard InChI is InChI=1S/C17H21NO2S.C8H9N.C2H6/c1-4-21(19,10-9-14(2)20-3)13-15-11-16-7-5-6-8-17(16)18-12-15;1-7-2-4-8(6-9)5-3-7;1-2/h5-8,11-12,14H,1,9-10,13H2,2-3H3;2-6,9H,1H3;1-2H3/t14-,21?;;/m1../s1. The second-order valence-corrected chi connectivity index (χ2v) is 9.84. The van der Waals surface area contributed by atoms with Crippen molar-refractivity contribution in [1.82, 2.24) is 4.98 Å². The van der Waals surface area contributed by atoms with Crippen LogP contribution in [0.1, 0.15) is 43.9 Å². The zero-order chi connectivity index (χ0) is 24.0. The molecule has 2 aromatic carbocycles. The van der Waals surface area contributed by atoms with Crippen LogP contribution in [0.15, 0.2) is 67.4 Å². The molecule has 1 aromatic heterocycles. The number of benzene rings is 2. The van der Waals surface area contributed by atoms with Gasteiger partial charge in [-0.2, -0.15) is 0 Å². The van der Waals surface area contributed by atoms with Crippen LogP contribution in [-0.2, 0) is 20.0 Å². The maximum atomic E-state index is 12.8. The first kappa shape index (κ1) is 27.3. The highest BCUT2D eigenvalue weighted by Gasteiger charge is 2.11. The van der Waals surface area contributed by atoms with Crippen LogP contribution in [0.2, 0.25) is 0 Å². The Morgan fingerprint density at radius 1 is 1.19 bits per heavy atom. The van der Waals surface area contributed by atoms with Crippen molar-refractivity contribution in [2.75, 3.05) is 12.9 Å². The van der Waals surface area contributed by atoms with Gasteiger partial charge in [-0.15, -0.1) is 0 Å². The fourth-order valence-corrected chi connectivity index (χ4v) is 4.60. The lowest BCUT2D eigenvalue weighted by Crippen LogP contribution is -2.16. The third-order valence-electron chi connectivity index (χ3n) is 4.81. The predicted octanol–water partition coefficient (Wildman–Crippen LogP) is 6.05. The molecule has 0 aliphatic carbocycles. The molecule has 172 valence electrons. The number of hydrogen-bond donors (Lipinski definition) is 1. The van der Waals surface area contributed by atoms with E-state index in [0.29, 0.717) is 11.5 Å². The third-order valence-corrected chi connectivity index (χ3v) is 7.03. The van der Waals surface area contributed by atoms with Gasteiger partial charge in [0.05, 0.1) is 11.6 Å². The highest BCUT2D eigenvalue weighted by atomic mass is 32.2. The van der Waals surface area contributed by atoms with E-state index in [-0.39, 0.29) is 6.10 Å². The number of aryl methyl sites for hydroxylation is 1. The summed E-state index contributed by atoms with van der Waals surface area (Å²) in [5.41, 5.74) is 4.10. The van der Waals surface area contributed by atoms with Crippen molar-refractivity contribution in [3.05, 3.63) is 84.1 Å². The Morgan fingerprint density at radius 2 is 1.84 bits per heavy atom. The van der Waals surface area contributed by atoms with Gasteiger partial charge < -0.3 is 10.1 Å². The van der Waals surface area contributed by atoms with E-state index in [0.717, 1.165) is 28.5 Å². The number of methoxy groups -OCH3 is 1. The van der Waals surface area contributed by atoms with Gasteiger partial charge in [0.25, 0.3) is 0 Å². The van der Waals surface area contributed by atoms with E-state index in [9.17, 15) is 4.21 Å². The second-order valence-electron chi connectivity index (χ2n) is 7.23. The fraction of sp³-hybridized carbons (Fsp3) is 0.333. The molecule has 0 bridgehead atoms. The van der Waals surface area contributed by atoms with Crippen LogP contribution in [0, 0.1) is 12.3 Å². The molecule has 32 heavy (non-hydrogen) atoms. The topological polar surface area (TPSA) is 63.0 Å². The Bertz CT molecular complexity index is 1110. The van der Waals surface area contributed by atoms with Gasteiger partial charge in [-0.1, -0.05) is 66.9 Å². The molecular formula is C27H36N2O2S. The van der Waals surface area contributed by atoms with E-state index in [1.54, 1.807) is 13.3 Å². The van der Waals surface area contributed by atoms with Crippen molar-refractivity contribution in [2.45, 2.75) is 46.0 Å². The van der Waals surface area contributed by atoms with Crippen molar-refractivity contribution in [3.8, 4) is 0 Å². The number of rotatable bonds is 7. The number of fused-ring (bicyclic) bond motifs is 1. The molecule has 0 saturated carbocycles. The first-order valence-electron chi connectivity index (χ1n) is 10.9. The zero-order valence-corrected chi connectivity index (χ0v) is 20.7. The van der Waals surface area contributed by atoms with E-state index >= 15 is 0 Å². The van der Waals surface area contributed by atoms with Gasteiger partial charge in [0.1, 0.15) is 0 Å². The lowest BCUT2D eigenvalue weighted by Gasteiger charge is -2.12. The summed E-state index contributed by atoms with van der Waals surface area (Å²) in [6.07, 6.45) is 3.96. The average molecular weight is 453 g/mol. The van der Waals surface area contributed by atoms with Gasteiger partial charge in [-0.3, -0.25) is 9.19 Å². The molecule has 0 aliphatic heterocycles. The van der Waals surface area contributed by atoms with E-state index < -0.39 is 9.52 Å². The number of pyridine rings is 1. The molecular weight excluding hydrogens is 416 g/mol. The van der Waals surface area contributed by atoms with Crippen LogP contribution in [0.5, 0.6) is 0 Å². The molecule has 2 atom stereocenters. The molecule has 0 amide bonds. The lowest BCUT2D eigenvalue weighted by atomic mass is 10.2. The summed E-state index contributed by atoms with van der Waals surface area (Å²) in [7, 11) is -0.571. The minimum absolute atomic E-state index is 0.0916. The normalized spacial score (nSPS) is 12.8. The van der Waals surface area contributed by atoms with Gasteiger partial charge in [0.2, 0.25) is 0 Å². The summed E-state index contributed by atoms with van der Waals surface area (Å²) < 4.78 is 18.0. The molecule has 3 aromatic rings. The molecule has 0 aliphatic rings. The highest BCUT2D eigenvalue weighted by molar-refractivity contribution is 8.00. The minimum Gasteiger partial charge on any atom is -0.382 e. The van der Waals surface area contributed by atoms with E-state index in [1.165, 1.54) is 11.8 Å². The molecule has 3 rings (SSSR count). The van der Waals surface area contributed by atoms with Crippen molar-refractivity contribution >= 4 is 31.7 Å². The molecule has 1 heterocycles. The number of nitrogens with one attached hydrogen (secondary N) is 1. The molecule has 0 fully saturated rings. The Morgan fingerprint density at radius 3 is 2.44 bits per heavy atom. The fourth-order valence-electron chi connectivity index (χ4n) is 2.80. The Balaban J connectivity index is 0.000000388. The molecule has 0 saturated heterocycles. The molecule has 1 unspecified atom stereocenters. The quantitative estimate of drug-likeness (QED) is 0.350. The largest absolute Gasteiger partial charge is 0.382 e. The number of hydrogen-bond acceptors (Lipinski definition) is 4. The Kier molecular flexibility index (Phi) is 12.3. The van der Waals surface area contributed by atoms with E-state index in [4.69, 9.17) is 10.1 Å². The van der Waals surface area contributed by atoms with Gasteiger partial charge in [-0.25, -0.2) is 0 Å². The zero-order valence-electron chi connectivity index (χ0n) is 19.9. The molecule has 0 spiro atoms. The van der Waals surface area contributed by atoms with Crippen molar-refractivity contribution < 1.29 is 8.95 Å². The van der Waals surface area contributed by atoms with Crippen LogP contribution >= 0.6 is 0 Å². The maximum Gasteiger partial charge on any atom is 0.0702 e. The molecule has 0 radical (unpaired) electrons. The highest BCUT2D eigenvalue weighted by Crippen LogP contribution is 2.15. The van der Waals surface area contributed by atoms with Crippen LogP contribution in [0.3, 0.4) is 0 Å². The van der Waals surface area contributed by atoms with Crippen LogP contribution in [0.4, 0.5) is 0 Å². The summed E-state index contributed by atoms with van der Waals surface area (Å²) in [5.74, 6) is 0.975. The van der Waals surface area contributed by atoms with Gasteiger partial charge in [0, 0.05) is 45.9 Å². The average Bonchev–Trinajstić information content (AvgIpc) is 2.84. The summed E-state index contributed by atoms with van der Waals surface area (Å²) in [6.45, 7) is 11.6. The first-order chi connectivity index (χ1) is 15.4. The number of aromatic nitrogens is 1. The Labute approximate surface area is 193 Å². The van der Waals surface area contributed by atoms with Crippen LogP contribution in [0.25, 0.3) is 10.9 Å². The van der Waals surface area contributed by atoms with Gasteiger partial charge in [0.15, 0.2) is 0 Å². The molecule has 1 N–H and O–H groups in total. The first-order valence-corrected chi connectivity index (χ1v) is 12.8. The smallest absolute Gasteiger partial charge is 0.0702 e. The lowest BCUT2D eigenvalue weighted by molar-refractivity contribution is 0.116. The van der Waals surface area contributed by atoms with Gasteiger partial charge in [-0.05, 0) is 50.1 Å². The predicted molar refractivity (Wildman–Crippen MR) is 141 cm³/mol. The maximum absolute atomic E-state index is 12.8. The summed E-state index contributed by atoms with van der Waals surface area (Å²) in [4.78, 5) is 4.41. The van der Waals surface area contributed by atoms with Crippen LogP contribution in [-0.4, -0.2) is 39.4 Å². The SMILES string of the molecule is C=C=S(=O)(CC[C@@H](C)OC)Cc1cnc2ccccc2c1.CC.Cc1ccc(C=N)cc1. The second kappa shape index (κ2) is 14.4. The third kappa shape index (κ3) is 9.19. The Hall–Kier alpha value is -2.72.